The van der Waals surface area contributed by atoms with Gasteiger partial charge in [0.2, 0.25) is 11.7 Å². The van der Waals surface area contributed by atoms with Gasteiger partial charge in [-0.2, -0.15) is 0 Å². The Kier molecular flexibility index (Phi) is 6.36. The molecule has 1 N–H and O–H groups in total. The van der Waals surface area contributed by atoms with Crippen molar-refractivity contribution in [2.45, 2.75) is 38.9 Å². The van der Waals surface area contributed by atoms with Gasteiger partial charge in [-0.15, -0.1) is 10.2 Å². The zero-order valence-corrected chi connectivity index (χ0v) is 21.5. The number of carbonyl (C=O) groups is 1. The van der Waals surface area contributed by atoms with Crippen molar-refractivity contribution in [3.63, 3.8) is 0 Å². The fourth-order valence-electron chi connectivity index (χ4n) is 4.33. The van der Waals surface area contributed by atoms with Crippen LogP contribution in [-0.4, -0.2) is 30.8 Å². The van der Waals surface area contributed by atoms with Gasteiger partial charge in [0.05, 0.1) is 28.4 Å². The molecule has 1 amide bonds. The maximum Gasteiger partial charge on any atom is 0.267 e. The third kappa shape index (κ3) is 4.28. The molecule has 0 bridgehead atoms. The van der Waals surface area contributed by atoms with Gasteiger partial charge in [0.1, 0.15) is 0 Å². The Balaban J connectivity index is 1.48. The first-order chi connectivity index (χ1) is 17.3. The fourth-order valence-corrected chi connectivity index (χ4v) is 5.09. The van der Waals surface area contributed by atoms with Gasteiger partial charge >= 0.3 is 0 Å². The molecule has 0 spiro atoms. The number of fused-ring (bicyclic) bond motifs is 3. The van der Waals surface area contributed by atoms with Crippen molar-refractivity contribution in [2.75, 3.05) is 5.75 Å². The molecule has 0 saturated carbocycles. The molecule has 0 fully saturated rings. The van der Waals surface area contributed by atoms with Gasteiger partial charge in [-0.1, -0.05) is 60.3 Å². The van der Waals surface area contributed by atoms with Crippen LogP contribution in [0, 0.1) is 20.8 Å². The number of rotatable bonds is 6. The Labute approximate surface area is 213 Å². The minimum absolute atomic E-state index is 0.0981. The van der Waals surface area contributed by atoms with Crippen LogP contribution in [-0.2, 0) is 4.79 Å². The lowest BCUT2D eigenvalue weighted by atomic mass is 10.0. The summed E-state index contributed by atoms with van der Waals surface area (Å²) < 4.78 is 3.45. The lowest BCUT2D eigenvalue weighted by Gasteiger charge is -2.16. The average Bonchev–Trinajstić information content (AvgIpc) is 3.29. The van der Waals surface area contributed by atoms with E-state index in [0.29, 0.717) is 21.8 Å². The van der Waals surface area contributed by atoms with Crippen LogP contribution in [0.1, 0.15) is 35.2 Å². The molecule has 1 unspecified atom stereocenters. The minimum atomic E-state index is -0.156. The SMILES string of the molecule is Cc1ccc(C(C)NC(=O)CSc2nnc3n(-c4ccccc4C)c(=O)c4ccccc4n23)cc1C. The van der Waals surface area contributed by atoms with Crippen LogP contribution in [0.4, 0.5) is 0 Å². The van der Waals surface area contributed by atoms with Crippen molar-refractivity contribution in [3.05, 3.63) is 99.3 Å². The number of thioether (sulfide) groups is 1. The molecule has 0 saturated heterocycles. The van der Waals surface area contributed by atoms with E-state index in [4.69, 9.17) is 0 Å². The lowest BCUT2D eigenvalue weighted by molar-refractivity contribution is -0.119. The molecule has 36 heavy (non-hydrogen) atoms. The molecule has 5 aromatic rings. The number of hydrogen-bond donors (Lipinski definition) is 1. The number of carbonyl (C=O) groups excluding carboxylic acids is 1. The molecular formula is C28H27N5O2S. The highest BCUT2D eigenvalue weighted by atomic mass is 32.2. The molecule has 0 aliphatic carbocycles. The first-order valence-corrected chi connectivity index (χ1v) is 12.8. The molecule has 0 radical (unpaired) electrons. The molecule has 5 rings (SSSR count). The quantitative estimate of drug-likeness (QED) is 0.337. The number of aryl methyl sites for hydroxylation is 3. The Morgan fingerprint density at radius 3 is 2.47 bits per heavy atom. The van der Waals surface area contributed by atoms with Gasteiger partial charge in [0.25, 0.3) is 5.56 Å². The second-order valence-electron chi connectivity index (χ2n) is 8.98. The monoisotopic (exact) mass is 497 g/mol. The summed E-state index contributed by atoms with van der Waals surface area (Å²) >= 11 is 1.30. The summed E-state index contributed by atoms with van der Waals surface area (Å²) in [6.45, 7) is 8.08. The summed E-state index contributed by atoms with van der Waals surface area (Å²) in [6, 6.07) is 21.2. The van der Waals surface area contributed by atoms with Crippen LogP contribution < -0.4 is 10.9 Å². The lowest BCUT2D eigenvalue weighted by Crippen LogP contribution is -2.28. The molecule has 0 aliphatic rings. The van der Waals surface area contributed by atoms with E-state index in [0.717, 1.165) is 16.8 Å². The number of benzene rings is 3. The topological polar surface area (TPSA) is 81.3 Å². The highest BCUT2D eigenvalue weighted by molar-refractivity contribution is 7.99. The van der Waals surface area contributed by atoms with E-state index in [9.17, 15) is 9.59 Å². The van der Waals surface area contributed by atoms with Gasteiger partial charge in [-0.25, -0.2) is 4.57 Å². The molecule has 3 aromatic carbocycles. The Morgan fingerprint density at radius 2 is 1.69 bits per heavy atom. The zero-order chi connectivity index (χ0) is 25.4. The molecule has 0 aliphatic heterocycles. The first kappa shape index (κ1) is 23.8. The van der Waals surface area contributed by atoms with Crippen LogP contribution in [0.3, 0.4) is 0 Å². The number of nitrogens with zero attached hydrogens (tertiary/aromatic N) is 4. The highest BCUT2D eigenvalue weighted by Crippen LogP contribution is 2.24. The van der Waals surface area contributed by atoms with Crippen LogP contribution in [0.25, 0.3) is 22.4 Å². The van der Waals surface area contributed by atoms with E-state index in [2.05, 4.69) is 41.5 Å². The first-order valence-electron chi connectivity index (χ1n) is 11.8. The third-order valence-electron chi connectivity index (χ3n) is 6.49. The van der Waals surface area contributed by atoms with Crippen molar-refractivity contribution < 1.29 is 4.79 Å². The molecular weight excluding hydrogens is 470 g/mol. The van der Waals surface area contributed by atoms with E-state index in [1.807, 2.05) is 66.8 Å². The van der Waals surface area contributed by atoms with Gasteiger partial charge in [0.15, 0.2) is 5.16 Å². The number of nitrogens with one attached hydrogen (secondary N) is 1. The predicted octanol–water partition coefficient (Wildman–Crippen LogP) is 4.93. The van der Waals surface area contributed by atoms with E-state index in [-0.39, 0.29) is 23.3 Å². The van der Waals surface area contributed by atoms with Gasteiger partial charge in [-0.05, 0) is 68.1 Å². The molecule has 8 heteroatoms. The smallest absolute Gasteiger partial charge is 0.267 e. The maximum absolute atomic E-state index is 13.5. The average molecular weight is 498 g/mol. The largest absolute Gasteiger partial charge is 0.349 e. The Hall–Kier alpha value is -3.91. The van der Waals surface area contributed by atoms with E-state index in [1.165, 1.54) is 22.9 Å². The normalized spacial score (nSPS) is 12.2. The number of amides is 1. The van der Waals surface area contributed by atoms with Gasteiger partial charge in [0, 0.05) is 0 Å². The van der Waals surface area contributed by atoms with Crippen molar-refractivity contribution in [1.29, 1.82) is 0 Å². The van der Waals surface area contributed by atoms with Crippen LogP contribution in [0.15, 0.2) is 76.7 Å². The van der Waals surface area contributed by atoms with E-state index >= 15 is 0 Å². The maximum atomic E-state index is 13.5. The van der Waals surface area contributed by atoms with Gasteiger partial charge < -0.3 is 5.32 Å². The molecule has 1 atom stereocenters. The van der Waals surface area contributed by atoms with Crippen molar-refractivity contribution in [3.8, 4) is 5.69 Å². The van der Waals surface area contributed by atoms with Crippen molar-refractivity contribution in [2.24, 2.45) is 0 Å². The standard InChI is InChI=1S/C28H27N5O2S/c1-17-13-14-21(15-19(17)3)20(4)29-25(34)16-36-28-31-30-27-32(23-11-7-5-9-18(23)2)26(35)22-10-6-8-12-24(22)33(27)28/h5-15,20H,16H2,1-4H3,(H,29,34). The zero-order valence-electron chi connectivity index (χ0n) is 20.6. The number of hydrogen-bond acceptors (Lipinski definition) is 5. The summed E-state index contributed by atoms with van der Waals surface area (Å²) in [7, 11) is 0. The summed E-state index contributed by atoms with van der Waals surface area (Å²) in [5, 5.41) is 12.9. The molecule has 182 valence electrons. The molecule has 7 nitrogen and oxygen atoms in total. The Bertz CT molecular complexity index is 1670. The third-order valence-corrected chi connectivity index (χ3v) is 7.42. The fraction of sp³-hybridized carbons (Fsp3) is 0.214. The van der Waals surface area contributed by atoms with E-state index < -0.39 is 0 Å². The highest BCUT2D eigenvalue weighted by Gasteiger charge is 2.20. The summed E-state index contributed by atoms with van der Waals surface area (Å²) in [6.07, 6.45) is 0. The summed E-state index contributed by atoms with van der Waals surface area (Å²) in [5.74, 6) is 0.492. The van der Waals surface area contributed by atoms with Crippen LogP contribution in [0.5, 0.6) is 0 Å². The minimum Gasteiger partial charge on any atom is -0.349 e. The second kappa shape index (κ2) is 9.62. The van der Waals surface area contributed by atoms with Crippen LogP contribution in [0.2, 0.25) is 0 Å². The van der Waals surface area contributed by atoms with Gasteiger partial charge in [-0.3, -0.25) is 14.0 Å². The Morgan fingerprint density at radius 1 is 0.944 bits per heavy atom. The number of aromatic nitrogens is 4. The van der Waals surface area contributed by atoms with Crippen LogP contribution >= 0.6 is 11.8 Å². The summed E-state index contributed by atoms with van der Waals surface area (Å²) in [4.78, 5) is 26.3. The van der Waals surface area contributed by atoms with Crippen molar-refractivity contribution in [1.82, 2.24) is 24.5 Å². The van der Waals surface area contributed by atoms with Crippen molar-refractivity contribution >= 4 is 34.3 Å². The molecule has 2 heterocycles. The molecule has 2 aromatic heterocycles. The summed E-state index contributed by atoms with van der Waals surface area (Å²) in [5.41, 5.74) is 5.75. The number of para-hydroxylation sites is 2. The second-order valence-corrected chi connectivity index (χ2v) is 9.93. The predicted molar refractivity (Wildman–Crippen MR) is 144 cm³/mol. The van der Waals surface area contributed by atoms with E-state index in [1.54, 1.807) is 10.6 Å².